The first kappa shape index (κ1) is 24.3. The van der Waals surface area contributed by atoms with E-state index in [2.05, 4.69) is 26.3 Å². The van der Waals surface area contributed by atoms with Gasteiger partial charge in [0.1, 0.15) is 0 Å². The molecule has 1 fully saturated rings. The summed E-state index contributed by atoms with van der Waals surface area (Å²) in [5, 5.41) is 0. The number of benzene rings is 2. The maximum atomic E-state index is 11.3. The van der Waals surface area contributed by atoms with E-state index >= 15 is 0 Å². The lowest BCUT2D eigenvalue weighted by Crippen LogP contribution is -2.44. The minimum Gasteiger partial charge on any atom is -0.371 e. The Morgan fingerprint density at radius 1 is 0.844 bits per heavy atom. The van der Waals surface area contributed by atoms with Crippen molar-refractivity contribution in [1.82, 2.24) is 4.90 Å². The first-order valence-corrected chi connectivity index (χ1v) is 14.4. The Kier molecular flexibility index (Phi) is 7.68. The van der Waals surface area contributed by atoms with Crippen LogP contribution >= 0.6 is 0 Å². The molecule has 1 saturated heterocycles. The maximum Gasteiger partial charge on any atom is 0.229 e. The summed E-state index contributed by atoms with van der Waals surface area (Å²) in [7, 11) is -4.36. The zero-order valence-corrected chi connectivity index (χ0v) is 20.4. The van der Waals surface area contributed by atoms with E-state index in [1.807, 2.05) is 24.3 Å². The van der Waals surface area contributed by atoms with Gasteiger partial charge in [-0.25, -0.2) is 16.8 Å². The van der Waals surface area contributed by atoms with Crippen molar-refractivity contribution in [3.63, 3.8) is 0 Å². The van der Waals surface area contributed by atoms with Gasteiger partial charge in [-0.15, -0.1) is 0 Å². The van der Waals surface area contributed by atoms with Gasteiger partial charge in [-0.05, 0) is 68.3 Å². The summed E-state index contributed by atoms with van der Waals surface area (Å²) < 4.78 is 50.3. The largest absolute Gasteiger partial charge is 0.371 e. The van der Waals surface area contributed by atoms with Gasteiger partial charge in [-0.1, -0.05) is 12.1 Å². The molecular formula is C22H32N4O4S2. The molecule has 10 heteroatoms. The predicted molar refractivity (Wildman–Crippen MR) is 131 cm³/mol. The van der Waals surface area contributed by atoms with Gasteiger partial charge in [0, 0.05) is 42.7 Å². The highest BCUT2D eigenvalue weighted by Crippen LogP contribution is 2.24. The lowest BCUT2D eigenvalue weighted by Gasteiger charge is -2.38. The van der Waals surface area contributed by atoms with Crippen LogP contribution in [0.3, 0.4) is 0 Å². The predicted octanol–water partition coefficient (Wildman–Crippen LogP) is 2.57. The van der Waals surface area contributed by atoms with Crippen LogP contribution in [0.15, 0.2) is 48.5 Å². The molecule has 0 aliphatic carbocycles. The number of likely N-dealkylation sites (N-methyl/N-ethyl adjacent to an activating group) is 1. The Labute approximate surface area is 191 Å². The van der Waals surface area contributed by atoms with Gasteiger partial charge < -0.3 is 9.80 Å². The summed E-state index contributed by atoms with van der Waals surface area (Å²) in [6.45, 7) is 2.86. The summed E-state index contributed by atoms with van der Waals surface area (Å²) in [5.74, 6) is 0. The van der Waals surface area contributed by atoms with Gasteiger partial charge in [0.05, 0.1) is 12.5 Å². The number of sulfonamides is 2. The normalized spacial score (nSPS) is 15.7. The fraction of sp³-hybridized carbons (Fsp3) is 0.455. The topological polar surface area (TPSA) is 98.8 Å². The first-order chi connectivity index (χ1) is 15.0. The van der Waals surface area contributed by atoms with Crippen molar-refractivity contribution in [3.05, 3.63) is 54.1 Å². The lowest BCUT2D eigenvalue weighted by molar-refractivity contribution is 0.210. The van der Waals surface area contributed by atoms with Crippen molar-refractivity contribution in [3.8, 4) is 0 Å². The number of rotatable bonds is 9. The van der Waals surface area contributed by atoms with E-state index in [-0.39, 0.29) is 0 Å². The fourth-order valence-electron chi connectivity index (χ4n) is 3.96. The Morgan fingerprint density at radius 3 is 1.78 bits per heavy atom. The van der Waals surface area contributed by atoms with Crippen molar-refractivity contribution in [2.75, 3.05) is 53.5 Å². The van der Waals surface area contributed by atoms with Gasteiger partial charge in [-0.3, -0.25) is 9.44 Å². The van der Waals surface area contributed by atoms with Gasteiger partial charge >= 0.3 is 0 Å². The van der Waals surface area contributed by atoms with E-state index in [9.17, 15) is 16.8 Å². The Bertz CT molecular complexity index is 1090. The van der Waals surface area contributed by atoms with Gasteiger partial charge in [0.2, 0.25) is 20.0 Å². The molecule has 1 heterocycles. The van der Waals surface area contributed by atoms with Gasteiger partial charge in [0.25, 0.3) is 0 Å². The average molecular weight is 481 g/mol. The van der Waals surface area contributed by atoms with Gasteiger partial charge in [0.15, 0.2) is 0 Å². The molecule has 0 bridgehead atoms. The van der Waals surface area contributed by atoms with Crippen LogP contribution < -0.4 is 14.3 Å². The molecule has 0 saturated carbocycles. The number of anilines is 3. The van der Waals surface area contributed by atoms with Crippen LogP contribution in [-0.4, -0.2) is 67.0 Å². The van der Waals surface area contributed by atoms with Crippen molar-refractivity contribution in [2.24, 2.45) is 0 Å². The summed E-state index contributed by atoms with van der Waals surface area (Å²) in [6, 6.07) is 15.6. The SMILES string of the molecule is CN(CCc1ccc(NS(C)(=O)=O)cc1)C1CCN(c2ccc(NS(C)(=O)=O)cc2)CC1. The number of piperidine rings is 1. The molecule has 0 amide bonds. The molecule has 2 N–H and O–H groups in total. The molecule has 3 rings (SSSR count). The molecule has 1 aliphatic rings. The first-order valence-electron chi connectivity index (χ1n) is 10.6. The third kappa shape index (κ3) is 7.68. The van der Waals surface area contributed by atoms with E-state index in [1.165, 1.54) is 5.56 Å². The molecule has 32 heavy (non-hydrogen) atoms. The minimum atomic E-state index is -3.26. The maximum absolute atomic E-state index is 11.3. The molecule has 176 valence electrons. The van der Waals surface area contributed by atoms with E-state index in [0.717, 1.165) is 57.1 Å². The quantitative estimate of drug-likeness (QED) is 0.572. The summed E-state index contributed by atoms with van der Waals surface area (Å²) in [6.07, 6.45) is 5.33. The van der Waals surface area contributed by atoms with Crippen LogP contribution in [0.4, 0.5) is 17.1 Å². The van der Waals surface area contributed by atoms with Crippen LogP contribution in [0.2, 0.25) is 0 Å². The molecule has 0 unspecified atom stereocenters. The lowest BCUT2D eigenvalue weighted by atomic mass is 10.0. The van der Waals surface area contributed by atoms with E-state index in [4.69, 9.17) is 0 Å². The van der Waals surface area contributed by atoms with E-state index in [0.29, 0.717) is 17.4 Å². The molecule has 0 spiro atoms. The second-order valence-corrected chi connectivity index (χ2v) is 11.9. The monoisotopic (exact) mass is 480 g/mol. The molecule has 0 aromatic heterocycles. The highest BCUT2D eigenvalue weighted by molar-refractivity contribution is 7.92. The standard InChI is InChI=1S/C22H32N4O4S2/c1-25(15-12-18-4-6-19(7-5-18)23-31(2,27)28)21-13-16-26(17-14-21)22-10-8-20(9-11-22)24-32(3,29)30/h4-11,21,23-24H,12-17H2,1-3H3. The highest BCUT2D eigenvalue weighted by atomic mass is 32.2. The molecule has 2 aromatic carbocycles. The average Bonchev–Trinajstić information content (AvgIpc) is 2.71. The van der Waals surface area contributed by atoms with Crippen LogP contribution in [0.25, 0.3) is 0 Å². The van der Waals surface area contributed by atoms with Crippen molar-refractivity contribution in [1.29, 1.82) is 0 Å². The zero-order chi connectivity index (χ0) is 23.4. The Morgan fingerprint density at radius 2 is 1.31 bits per heavy atom. The second-order valence-electron chi connectivity index (χ2n) is 8.44. The second kappa shape index (κ2) is 10.1. The van der Waals surface area contributed by atoms with Crippen molar-refractivity contribution in [2.45, 2.75) is 25.3 Å². The van der Waals surface area contributed by atoms with Crippen molar-refractivity contribution >= 4 is 37.1 Å². The van der Waals surface area contributed by atoms with Crippen LogP contribution in [0.1, 0.15) is 18.4 Å². The smallest absolute Gasteiger partial charge is 0.229 e. The van der Waals surface area contributed by atoms with E-state index < -0.39 is 20.0 Å². The third-order valence-electron chi connectivity index (χ3n) is 5.63. The van der Waals surface area contributed by atoms with E-state index in [1.54, 1.807) is 24.3 Å². The highest BCUT2D eigenvalue weighted by Gasteiger charge is 2.22. The Balaban J connectivity index is 1.45. The van der Waals surface area contributed by atoms with Crippen LogP contribution in [0, 0.1) is 0 Å². The summed E-state index contributed by atoms with van der Waals surface area (Å²) in [5.41, 5.74) is 3.44. The third-order valence-corrected chi connectivity index (χ3v) is 6.85. The van der Waals surface area contributed by atoms with Crippen molar-refractivity contribution < 1.29 is 16.8 Å². The molecule has 0 radical (unpaired) electrons. The number of nitrogens with one attached hydrogen (secondary N) is 2. The van der Waals surface area contributed by atoms with Crippen LogP contribution in [-0.2, 0) is 26.5 Å². The Hall–Kier alpha value is -2.30. The number of hydrogen-bond acceptors (Lipinski definition) is 6. The van der Waals surface area contributed by atoms with Crippen LogP contribution in [0.5, 0.6) is 0 Å². The minimum absolute atomic E-state index is 0.517. The number of hydrogen-bond donors (Lipinski definition) is 2. The molecular weight excluding hydrogens is 448 g/mol. The summed E-state index contributed by atoms with van der Waals surface area (Å²) >= 11 is 0. The molecule has 8 nitrogen and oxygen atoms in total. The number of nitrogens with zero attached hydrogens (tertiary/aromatic N) is 2. The molecule has 0 atom stereocenters. The fourth-order valence-corrected chi connectivity index (χ4v) is 5.09. The summed E-state index contributed by atoms with van der Waals surface area (Å²) in [4.78, 5) is 4.74. The molecule has 1 aliphatic heterocycles. The molecule has 2 aromatic rings. The zero-order valence-electron chi connectivity index (χ0n) is 18.8. The van der Waals surface area contributed by atoms with Gasteiger partial charge in [-0.2, -0.15) is 0 Å².